The topological polar surface area (TPSA) is 32.3 Å². The number of nitrogens with one attached hydrogen (secondary N) is 1. The summed E-state index contributed by atoms with van der Waals surface area (Å²) in [6.45, 7) is 7.72. The van der Waals surface area contributed by atoms with E-state index in [1.165, 1.54) is 19.3 Å². The average molecular weight is 236 g/mol. The van der Waals surface area contributed by atoms with Gasteiger partial charge < -0.3 is 4.90 Å². The Morgan fingerprint density at radius 2 is 2.00 bits per heavy atom. The van der Waals surface area contributed by atoms with Crippen molar-refractivity contribution in [2.24, 2.45) is 11.3 Å². The molecule has 3 rings (SSSR count). The second-order valence-corrected chi connectivity index (χ2v) is 7.01. The van der Waals surface area contributed by atoms with Gasteiger partial charge in [0.25, 0.3) is 0 Å². The van der Waals surface area contributed by atoms with Crippen LogP contribution >= 0.6 is 0 Å². The van der Waals surface area contributed by atoms with Crippen molar-refractivity contribution in [1.82, 2.24) is 10.2 Å². The van der Waals surface area contributed by atoms with Crippen molar-refractivity contribution < 1.29 is 4.79 Å². The summed E-state index contributed by atoms with van der Waals surface area (Å²) < 4.78 is 0. The first kappa shape index (κ1) is 11.5. The molecule has 3 heteroatoms. The number of hydrogen-bond donors (Lipinski definition) is 1. The second-order valence-electron chi connectivity index (χ2n) is 7.01. The van der Waals surface area contributed by atoms with Crippen LogP contribution in [-0.2, 0) is 4.79 Å². The van der Waals surface area contributed by atoms with Crippen molar-refractivity contribution in [2.75, 3.05) is 6.54 Å². The Kier molecular flexibility index (Phi) is 2.35. The Morgan fingerprint density at radius 1 is 1.35 bits per heavy atom. The quantitative estimate of drug-likeness (QED) is 0.814. The second kappa shape index (κ2) is 3.47. The largest absolute Gasteiger partial charge is 0.325 e. The molecule has 0 bridgehead atoms. The van der Waals surface area contributed by atoms with Gasteiger partial charge in [0.2, 0.25) is 5.91 Å². The van der Waals surface area contributed by atoms with Crippen molar-refractivity contribution in [2.45, 2.75) is 64.6 Å². The zero-order valence-corrected chi connectivity index (χ0v) is 11.3. The van der Waals surface area contributed by atoms with Gasteiger partial charge in [0, 0.05) is 6.54 Å². The summed E-state index contributed by atoms with van der Waals surface area (Å²) in [4.78, 5) is 14.6. The van der Waals surface area contributed by atoms with E-state index in [-0.39, 0.29) is 11.7 Å². The zero-order chi connectivity index (χ0) is 12.3. The number of hydrogen-bond acceptors (Lipinski definition) is 2. The fraction of sp³-hybridized carbons (Fsp3) is 0.929. The van der Waals surface area contributed by atoms with Gasteiger partial charge in [0.15, 0.2) is 0 Å². The van der Waals surface area contributed by atoms with E-state index in [1.807, 2.05) is 0 Å². The number of carbonyl (C=O) groups is 1. The van der Waals surface area contributed by atoms with Crippen LogP contribution in [0.25, 0.3) is 0 Å². The van der Waals surface area contributed by atoms with Gasteiger partial charge >= 0.3 is 0 Å². The molecule has 1 saturated heterocycles. The molecule has 1 aliphatic heterocycles. The third-order valence-corrected chi connectivity index (χ3v) is 4.92. The fourth-order valence-electron chi connectivity index (χ4n) is 3.35. The molecule has 2 saturated carbocycles. The van der Waals surface area contributed by atoms with Crippen molar-refractivity contribution in [3.8, 4) is 0 Å². The van der Waals surface area contributed by atoms with Crippen LogP contribution in [0.2, 0.25) is 0 Å². The van der Waals surface area contributed by atoms with E-state index >= 15 is 0 Å². The molecule has 3 aliphatic rings. The summed E-state index contributed by atoms with van der Waals surface area (Å²) in [5.41, 5.74) is 0.250. The van der Waals surface area contributed by atoms with Crippen molar-refractivity contribution in [1.29, 1.82) is 0 Å². The lowest BCUT2D eigenvalue weighted by molar-refractivity contribution is -0.133. The lowest BCUT2D eigenvalue weighted by atomic mass is 9.70. The van der Waals surface area contributed by atoms with Gasteiger partial charge in [-0.05, 0) is 37.0 Å². The van der Waals surface area contributed by atoms with Crippen LogP contribution in [0.3, 0.4) is 0 Å². The molecule has 1 unspecified atom stereocenters. The van der Waals surface area contributed by atoms with Crippen LogP contribution in [-0.4, -0.2) is 29.1 Å². The Balaban J connectivity index is 1.77. The van der Waals surface area contributed by atoms with E-state index in [4.69, 9.17) is 0 Å². The molecular formula is C14H24N2O. The summed E-state index contributed by atoms with van der Waals surface area (Å²) in [7, 11) is 0. The lowest BCUT2D eigenvalue weighted by Crippen LogP contribution is -2.48. The normalized spacial score (nSPS) is 33.3. The predicted octanol–water partition coefficient (Wildman–Crippen LogP) is 2.12. The third kappa shape index (κ3) is 1.70. The van der Waals surface area contributed by atoms with Crippen LogP contribution in [0.4, 0.5) is 0 Å². The molecule has 1 atom stereocenters. The van der Waals surface area contributed by atoms with E-state index in [9.17, 15) is 4.79 Å². The number of rotatable bonds is 3. The van der Waals surface area contributed by atoms with Gasteiger partial charge in [0.1, 0.15) is 0 Å². The monoisotopic (exact) mass is 236 g/mol. The van der Waals surface area contributed by atoms with E-state index in [2.05, 4.69) is 31.0 Å². The molecule has 17 heavy (non-hydrogen) atoms. The molecule has 0 aromatic rings. The average Bonchev–Trinajstić information content (AvgIpc) is 2.95. The molecule has 0 aromatic heterocycles. The number of carbonyl (C=O) groups excluding carboxylic acids is 1. The first-order chi connectivity index (χ1) is 7.96. The molecule has 2 aliphatic carbocycles. The Hall–Kier alpha value is -0.570. The molecule has 1 amide bonds. The first-order valence-electron chi connectivity index (χ1n) is 7.05. The van der Waals surface area contributed by atoms with Crippen LogP contribution in [0.15, 0.2) is 0 Å². The Morgan fingerprint density at radius 3 is 2.41 bits per heavy atom. The first-order valence-corrected chi connectivity index (χ1v) is 7.05. The van der Waals surface area contributed by atoms with E-state index in [1.54, 1.807) is 0 Å². The highest BCUT2D eigenvalue weighted by molar-refractivity contribution is 5.91. The predicted molar refractivity (Wildman–Crippen MR) is 67.4 cm³/mol. The van der Waals surface area contributed by atoms with Crippen LogP contribution in [0, 0.1) is 11.3 Å². The highest BCUT2D eigenvalue weighted by Crippen LogP contribution is 2.47. The smallest absolute Gasteiger partial charge is 0.244 e. The maximum Gasteiger partial charge on any atom is 0.244 e. The molecule has 1 N–H and O–H groups in total. The Labute approximate surface area is 104 Å². The highest BCUT2D eigenvalue weighted by atomic mass is 16.2. The summed E-state index contributed by atoms with van der Waals surface area (Å²) >= 11 is 0. The molecule has 1 spiro atoms. The molecule has 96 valence electrons. The number of amides is 1. The molecule has 3 nitrogen and oxygen atoms in total. The summed E-state index contributed by atoms with van der Waals surface area (Å²) in [6, 6.07) is 0. The molecule has 0 radical (unpaired) electrons. The van der Waals surface area contributed by atoms with E-state index < -0.39 is 0 Å². The summed E-state index contributed by atoms with van der Waals surface area (Å²) in [6.07, 6.45) is 6.26. The van der Waals surface area contributed by atoms with E-state index in [0.29, 0.717) is 17.2 Å². The van der Waals surface area contributed by atoms with Crippen LogP contribution in [0.1, 0.15) is 52.9 Å². The fourth-order valence-corrected chi connectivity index (χ4v) is 3.35. The van der Waals surface area contributed by atoms with Crippen molar-refractivity contribution in [3.05, 3.63) is 0 Å². The Bertz CT molecular complexity index is 342. The van der Waals surface area contributed by atoms with Gasteiger partial charge in [-0.2, -0.15) is 0 Å². The summed E-state index contributed by atoms with van der Waals surface area (Å²) in [5, 5.41) is 3.59. The van der Waals surface area contributed by atoms with Gasteiger partial charge in [-0.3, -0.25) is 10.1 Å². The van der Waals surface area contributed by atoms with Gasteiger partial charge in [-0.15, -0.1) is 0 Å². The molecule has 3 fully saturated rings. The van der Waals surface area contributed by atoms with Crippen molar-refractivity contribution in [3.63, 3.8) is 0 Å². The SMILES string of the molecule is CC(C)C1NC2(CC2)C(=O)N1CC1(C)CCC1. The minimum Gasteiger partial charge on any atom is -0.325 e. The van der Waals surface area contributed by atoms with Gasteiger partial charge in [-0.1, -0.05) is 27.2 Å². The molecule has 1 heterocycles. The highest BCUT2D eigenvalue weighted by Gasteiger charge is 2.60. The summed E-state index contributed by atoms with van der Waals surface area (Å²) in [5.74, 6) is 0.881. The molecule has 0 aromatic carbocycles. The van der Waals surface area contributed by atoms with Crippen LogP contribution < -0.4 is 5.32 Å². The maximum atomic E-state index is 12.5. The minimum absolute atomic E-state index is 0.144. The van der Waals surface area contributed by atoms with Crippen LogP contribution in [0.5, 0.6) is 0 Å². The van der Waals surface area contributed by atoms with Gasteiger partial charge in [-0.25, -0.2) is 0 Å². The number of nitrogens with zero attached hydrogens (tertiary/aromatic N) is 1. The maximum absolute atomic E-state index is 12.5. The molecular weight excluding hydrogens is 212 g/mol. The lowest BCUT2D eigenvalue weighted by Gasteiger charge is -2.43. The third-order valence-electron chi connectivity index (χ3n) is 4.92. The minimum atomic E-state index is -0.144. The van der Waals surface area contributed by atoms with Gasteiger partial charge in [0.05, 0.1) is 11.7 Å². The van der Waals surface area contributed by atoms with E-state index in [0.717, 1.165) is 19.4 Å². The van der Waals surface area contributed by atoms with Crippen molar-refractivity contribution >= 4 is 5.91 Å². The standard InChI is InChI=1S/C14H24N2O/c1-10(2)11-15-14(7-8-14)12(17)16(11)9-13(3)5-4-6-13/h10-11,15H,4-9H2,1-3H3. The zero-order valence-electron chi connectivity index (χ0n) is 11.3.